The minimum absolute atomic E-state index is 0.385. The van der Waals surface area contributed by atoms with E-state index >= 15 is 0 Å². The van der Waals surface area contributed by atoms with Gasteiger partial charge in [-0.05, 0) is 48.6 Å². The van der Waals surface area contributed by atoms with Crippen molar-refractivity contribution in [2.45, 2.75) is 18.8 Å². The number of benzene rings is 2. The number of aryl methyl sites for hydroxylation is 1. The number of nitrogens with two attached hydrogens (primary N) is 1. The van der Waals surface area contributed by atoms with Crippen molar-refractivity contribution in [1.82, 2.24) is 0 Å². The number of rotatable bonds is 6. The predicted octanol–water partition coefficient (Wildman–Crippen LogP) is 3.37. The van der Waals surface area contributed by atoms with Crippen LogP contribution in [0.1, 0.15) is 23.5 Å². The van der Waals surface area contributed by atoms with Crippen molar-refractivity contribution >= 4 is 0 Å². The van der Waals surface area contributed by atoms with Crippen molar-refractivity contribution in [3.8, 4) is 5.75 Å². The molecule has 0 heterocycles. The normalized spacial score (nSPS) is 12.1. The molecule has 0 spiro atoms. The molecule has 0 aliphatic rings. The Morgan fingerprint density at radius 3 is 2.53 bits per heavy atom. The minimum atomic E-state index is 0.385. The van der Waals surface area contributed by atoms with Gasteiger partial charge in [0.2, 0.25) is 0 Å². The summed E-state index contributed by atoms with van der Waals surface area (Å²) in [6.45, 7) is 0.667. The van der Waals surface area contributed by atoms with Gasteiger partial charge in [0.15, 0.2) is 0 Å². The van der Waals surface area contributed by atoms with Crippen LogP contribution in [0.25, 0.3) is 0 Å². The van der Waals surface area contributed by atoms with Crippen molar-refractivity contribution in [2.24, 2.45) is 5.73 Å². The molecular formula is C17H21NO. The fourth-order valence-electron chi connectivity index (χ4n) is 2.30. The maximum atomic E-state index is 5.92. The van der Waals surface area contributed by atoms with Gasteiger partial charge >= 0.3 is 0 Å². The molecule has 0 aliphatic heterocycles. The molecule has 2 N–H and O–H groups in total. The quantitative estimate of drug-likeness (QED) is 0.859. The van der Waals surface area contributed by atoms with E-state index in [9.17, 15) is 0 Å². The largest absolute Gasteiger partial charge is 0.497 e. The van der Waals surface area contributed by atoms with Gasteiger partial charge in [-0.1, -0.05) is 42.5 Å². The summed E-state index contributed by atoms with van der Waals surface area (Å²) in [6, 6.07) is 18.8. The second kappa shape index (κ2) is 6.95. The summed E-state index contributed by atoms with van der Waals surface area (Å²) < 4.78 is 5.27. The molecule has 0 aliphatic carbocycles. The summed E-state index contributed by atoms with van der Waals surface area (Å²) in [5, 5.41) is 0. The lowest BCUT2D eigenvalue weighted by atomic mass is 9.92. The van der Waals surface area contributed by atoms with Gasteiger partial charge in [0.1, 0.15) is 5.75 Å². The van der Waals surface area contributed by atoms with Gasteiger partial charge in [-0.3, -0.25) is 0 Å². The van der Waals surface area contributed by atoms with E-state index in [0.717, 1.165) is 18.6 Å². The SMILES string of the molecule is COc1cccc([C@@H](CN)CCc2ccccc2)c1. The fraction of sp³-hybridized carbons (Fsp3) is 0.294. The Morgan fingerprint density at radius 2 is 1.84 bits per heavy atom. The first-order valence-electron chi connectivity index (χ1n) is 6.71. The minimum Gasteiger partial charge on any atom is -0.497 e. The van der Waals surface area contributed by atoms with E-state index in [-0.39, 0.29) is 0 Å². The Kier molecular flexibility index (Phi) is 4.99. The number of hydrogen-bond acceptors (Lipinski definition) is 2. The Morgan fingerprint density at radius 1 is 1.05 bits per heavy atom. The average molecular weight is 255 g/mol. The van der Waals surface area contributed by atoms with Crippen LogP contribution in [0, 0.1) is 0 Å². The van der Waals surface area contributed by atoms with E-state index in [1.165, 1.54) is 11.1 Å². The van der Waals surface area contributed by atoms with E-state index in [1.807, 2.05) is 18.2 Å². The van der Waals surface area contributed by atoms with E-state index < -0.39 is 0 Å². The van der Waals surface area contributed by atoms with E-state index in [0.29, 0.717) is 12.5 Å². The fourth-order valence-corrected chi connectivity index (χ4v) is 2.30. The Labute approximate surface area is 115 Å². The molecule has 0 fully saturated rings. The predicted molar refractivity (Wildman–Crippen MR) is 79.6 cm³/mol. The van der Waals surface area contributed by atoms with Crippen molar-refractivity contribution in [1.29, 1.82) is 0 Å². The van der Waals surface area contributed by atoms with E-state index in [2.05, 4.69) is 36.4 Å². The lowest BCUT2D eigenvalue weighted by Gasteiger charge is -2.16. The molecule has 0 bridgehead atoms. The molecule has 0 amide bonds. The van der Waals surface area contributed by atoms with Crippen LogP contribution in [0.2, 0.25) is 0 Å². The topological polar surface area (TPSA) is 35.2 Å². The third-order valence-corrected chi connectivity index (χ3v) is 3.47. The Hall–Kier alpha value is -1.80. The van der Waals surface area contributed by atoms with Gasteiger partial charge in [0, 0.05) is 0 Å². The van der Waals surface area contributed by atoms with Crippen LogP contribution in [0.3, 0.4) is 0 Å². The zero-order valence-electron chi connectivity index (χ0n) is 11.4. The van der Waals surface area contributed by atoms with Crippen LogP contribution in [-0.2, 0) is 6.42 Å². The third kappa shape index (κ3) is 3.83. The van der Waals surface area contributed by atoms with Crippen LogP contribution >= 0.6 is 0 Å². The van der Waals surface area contributed by atoms with Gasteiger partial charge in [-0.15, -0.1) is 0 Å². The molecule has 19 heavy (non-hydrogen) atoms. The van der Waals surface area contributed by atoms with Gasteiger partial charge in [-0.2, -0.15) is 0 Å². The summed E-state index contributed by atoms with van der Waals surface area (Å²) >= 11 is 0. The molecule has 0 radical (unpaired) electrons. The van der Waals surface area contributed by atoms with Crippen molar-refractivity contribution in [3.05, 3.63) is 65.7 Å². The molecule has 0 unspecified atom stereocenters. The van der Waals surface area contributed by atoms with Crippen LogP contribution in [0.4, 0.5) is 0 Å². The molecule has 0 saturated heterocycles. The summed E-state index contributed by atoms with van der Waals surface area (Å²) in [5.41, 5.74) is 8.55. The lowest BCUT2D eigenvalue weighted by molar-refractivity contribution is 0.413. The number of ether oxygens (including phenoxy) is 1. The highest BCUT2D eigenvalue weighted by Crippen LogP contribution is 2.24. The van der Waals surface area contributed by atoms with Crippen LogP contribution < -0.4 is 10.5 Å². The molecule has 0 aromatic heterocycles. The maximum absolute atomic E-state index is 5.92. The second-order valence-electron chi connectivity index (χ2n) is 4.73. The third-order valence-electron chi connectivity index (χ3n) is 3.47. The zero-order chi connectivity index (χ0) is 13.5. The van der Waals surface area contributed by atoms with Gasteiger partial charge < -0.3 is 10.5 Å². The Bertz CT molecular complexity index is 496. The molecule has 2 rings (SSSR count). The molecule has 1 atom stereocenters. The number of methoxy groups -OCH3 is 1. The summed E-state index contributed by atoms with van der Waals surface area (Å²) in [6.07, 6.45) is 2.12. The second-order valence-corrected chi connectivity index (χ2v) is 4.73. The highest BCUT2D eigenvalue weighted by molar-refractivity contribution is 5.31. The van der Waals surface area contributed by atoms with Crippen LogP contribution in [-0.4, -0.2) is 13.7 Å². The van der Waals surface area contributed by atoms with E-state index in [4.69, 9.17) is 10.5 Å². The number of hydrogen-bond donors (Lipinski definition) is 1. The molecule has 2 heteroatoms. The van der Waals surface area contributed by atoms with Crippen molar-refractivity contribution in [2.75, 3.05) is 13.7 Å². The zero-order valence-corrected chi connectivity index (χ0v) is 11.4. The summed E-state index contributed by atoms with van der Waals surface area (Å²) in [5.74, 6) is 1.28. The van der Waals surface area contributed by atoms with Crippen LogP contribution in [0.15, 0.2) is 54.6 Å². The molecule has 2 nitrogen and oxygen atoms in total. The standard InChI is InChI=1S/C17H21NO/c1-19-17-9-5-8-15(12-17)16(13-18)11-10-14-6-3-2-4-7-14/h2-9,12,16H,10-11,13,18H2,1H3/t16-/m1/s1. The molecule has 0 saturated carbocycles. The van der Waals surface area contributed by atoms with Crippen molar-refractivity contribution < 1.29 is 4.74 Å². The monoisotopic (exact) mass is 255 g/mol. The molecule has 100 valence electrons. The van der Waals surface area contributed by atoms with E-state index in [1.54, 1.807) is 7.11 Å². The maximum Gasteiger partial charge on any atom is 0.119 e. The van der Waals surface area contributed by atoms with Gasteiger partial charge in [0.25, 0.3) is 0 Å². The first-order valence-corrected chi connectivity index (χ1v) is 6.71. The highest BCUT2D eigenvalue weighted by atomic mass is 16.5. The first kappa shape index (κ1) is 13.6. The first-order chi connectivity index (χ1) is 9.33. The van der Waals surface area contributed by atoms with Crippen molar-refractivity contribution in [3.63, 3.8) is 0 Å². The smallest absolute Gasteiger partial charge is 0.119 e. The van der Waals surface area contributed by atoms with Gasteiger partial charge in [-0.25, -0.2) is 0 Å². The van der Waals surface area contributed by atoms with Crippen LogP contribution in [0.5, 0.6) is 5.75 Å². The Balaban J connectivity index is 2.03. The summed E-state index contributed by atoms with van der Waals surface area (Å²) in [7, 11) is 1.69. The highest BCUT2D eigenvalue weighted by Gasteiger charge is 2.10. The van der Waals surface area contributed by atoms with Gasteiger partial charge in [0.05, 0.1) is 7.11 Å². The molecular weight excluding hydrogens is 234 g/mol. The lowest BCUT2D eigenvalue weighted by Crippen LogP contribution is -2.13. The summed E-state index contributed by atoms with van der Waals surface area (Å²) in [4.78, 5) is 0. The average Bonchev–Trinajstić information content (AvgIpc) is 2.49. The molecule has 2 aromatic carbocycles. The molecule has 2 aromatic rings.